The van der Waals surface area contributed by atoms with E-state index < -0.39 is 5.60 Å². The smallest absolute Gasteiger partial charge is 0.407 e. The number of rotatable bonds is 7. The summed E-state index contributed by atoms with van der Waals surface area (Å²) in [6, 6.07) is 0.515. The third kappa shape index (κ3) is 10.7. The Morgan fingerprint density at radius 2 is 1.96 bits per heavy atom. The van der Waals surface area contributed by atoms with Gasteiger partial charge in [0.25, 0.3) is 0 Å². The van der Waals surface area contributed by atoms with Crippen LogP contribution in [0, 0.1) is 5.92 Å². The first kappa shape index (κ1) is 27.2. The molecule has 0 aromatic rings. The van der Waals surface area contributed by atoms with Crippen LogP contribution in [0.25, 0.3) is 0 Å². The number of halogens is 1. The van der Waals surface area contributed by atoms with Gasteiger partial charge in [-0.3, -0.25) is 4.99 Å². The number of carbonyl (C=O) groups excluding carboxylic acids is 1. The molecule has 0 aromatic carbocycles. The fourth-order valence-corrected chi connectivity index (χ4v) is 3.16. The van der Waals surface area contributed by atoms with Crippen LogP contribution >= 0.6 is 24.0 Å². The van der Waals surface area contributed by atoms with Gasteiger partial charge in [0, 0.05) is 25.7 Å². The molecule has 28 heavy (non-hydrogen) atoms. The Balaban J connectivity index is 0.00000729. The van der Waals surface area contributed by atoms with Crippen molar-refractivity contribution < 1.29 is 9.53 Å². The summed E-state index contributed by atoms with van der Waals surface area (Å²) in [5, 5.41) is 6.38. The minimum atomic E-state index is -0.476. The van der Waals surface area contributed by atoms with Crippen LogP contribution in [0.2, 0.25) is 0 Å². The topological polar surface area (TPSA) is 69.2 Å². The monoisotopic (exact) mass is 511 g/mol. The van der Waals surface area contributed by atoms with Crippen LogP contribution in [0.1, 0.15) is 54.4 Å². The van der Waals surface area contributed by atoms with Crippen LogP contribution in [-0.4, -0.2) is 79.8 Å². The zero-order chi connectivity index (χ0) is 20.6. The van der Waals surface area contributed by atoms with Crippen LogP contribution in [0.3, 0.4) is 0 Å². The van der Waals surface area contributed by atoms with E-state index >= 15 is 0 Å². The predicted octanol–water partition coefficient (Wildman–Crippen LogP) is 3.15. The van der Waals surface area contributed by atoms with E-state index in [2.05, 4.69) is 55.3 Å². The van der Waals surface area contributed by atoms with E-state index in [1.54, 1.807) is 0 Å². The molecule has 8 heteroatoms. The van der Waals surface area contributed by atoms with Gasteiger partial charge in [0.2, 0.25) is 0 Å². The van der Waals surface area contributed by atoms with Crippen molar-refractivity contribution in [2.75, 3.05) is 40.3 Å². The first-order valence-corrected chi connectivity index (χ1v) is 10.2. The molecular weight excluding hydrogens is 469 g/mol. The second kappa shape index (κ2) is 12.7. The number of nitrogens with zero attached hydrogens (tertiary/aromatic N) is 3. The van der Waals surface area contributed by atoms with Gasteiger partial charge in [-0.1, -0.05) is 13.8 Å². The second-order valence-electron chi connectivity index (χ2n) is 9.02. The standard InChI is InChI=1S/C20H41N5O2.HI/c1-9-21-18(22-13-17(24(7)8)12-15(2)3)25-11-10-16(14-25)23-19(26)27-20(4,5)6;/h15-17H,9-14H2,1-8H3,(H,21,22)(H,23,26);1H. The summed E-state index contributed by atoms with van der Waals surface area (Å²) in [5.41, 5.74) is -0.476. The largest absolute Gasteiger partial charge is 0.444 e. The average Bonchev–Trinajstić information content (AvgIpc) is 2.95. The number of likely N-dealkylation sites (tertiary alicyclic amines) is 1. The van der Waals surface area contributed by atoms with Crippen molar-refractivity contribution in [3.05, 3.63) is 0 Å². The van der Waals surface area contributed by atoms with Crippen LogP contribution in [-0.2, 0) is 4.74 Å². The van der Waals surface area contributed by atoms with E-state index in [-0.39, 0.29) is 36.1 Å². The lowest BCUT2D eigenvalue weighted by atomic mass is 10.0. The predicted molar refractivity (Wildman–Crippen MR) is 128 cm³/mol. The molecule has 1 amide bonds. The van der Waals surface area contributed by atoms with E-state index in [9.17, 15) is 4.79 Å². The zero-order valence-electron chi connectivity index (χ0n) is 19.0. The van der Waals surface area contributed by atoms with Gasteiger partial charge >= 0.3 is 6.09 Å². The van der Waals surface area contributed by atoms with Crippen molar-refractivity contribution in [2.24, 2.45) is 10.9 Å². The molecule has 1 saturated heterocycles. The maximum Gasteiger partial charge on any atom is 0.407 e. The summed E-state index contributed by atoms with van der Waals surface area (Å²) in [6.07, 6.45) is 1.67. The third-order valence-corrected chi connectivity index (χ3v) is 4.47. The Labute approximate surface area is 189 Å². The van der Waals surface area contributed by atoms with Crippen molar-refractivity contribution in [1.82, 2.24) is 20.4 Å². The number of aliphatic imine (C=N–C) groups is 1. The average molecular weight is 511 g/mol. The number of nitrogens with one attached hydrogen (secondary N) is 2. The van der Waals surface area contributed by atoms with Gasteiger partial charge in [-0.05, 0) is 60.5 Å². The minimum Gasteiger partial charge on any atom is -0.444 e. The highest BCUT2D eigenvalue weighted by molar-refractivity contribution is 14.0. The first-order chi connectivity index (χ1) is 12.5. The van der Waals surface area contributed by atoms with Crippen molar-refractivity contribution in [1.29, 1.82) is 0 Å². The molecule has 2 unspecified atom stereocenters. The van der Waals surface area contributed by atoms with Crippen LogP contribution < -0.4 is 10.6 Å². The molecule has 1 rings (SSSR count). The molecule has 0 spiro atoms. The van der Waals surface area contributed by atoms with Gasteiger partial charge in [-0.15, -0.1) is 24.0 Å². The Morgan fingerprint density at radius 1 is 1.32 bits per heavy atom. The number of ether oxygens (including phenoxy) is 1. The zero-order valence-corrected chi connectivity index (χ0v) is 21.4. The number of amides is 1. The third-order valence-electron chi connectivity index (χ3n) is 4.47. The lowest BCUT2D eigenvalue weighted by Gasteiger charge is -2.27. The molecule has 0 saturated carbocycles. The van der Waals surface area contributed by atoms with E-state index in [1.165, 1.54) is 0 Å². The summed E-state index contributed by atoms with van der Waals surface area (Å²) in [7, 11) is 4.23. The number of guanidine groups is 1. The summed E-state index contributed by atoms with van der Waals surface area (Å²) in [4.78, 5) is 21.4. The quantitative estimate of drug-likeness (QED) is 0.312. The molecule has 2 atom stereocenters. The van der Waals surface area contributed by atoms with E-state index in [1.807, 2.05) is 20.8 Å². The molecule has 166 valence electrons. The highest BCUT2D eigenvalue weighted by Gasteiger charge is 2.28. The molecule has 0 aromatic heterocycles. The van der Waals surface area contributed by atoms with Crippen molar-refractivity contribution in [2.45, 2.75) is 72.1 Å². The van der Waals surface area contributed by atoms with Gasteiger partial charge in [-0.25, -0.2) is 4.79 Å². The Morgan fingerprint density at radius 3 is 2.46 bits per heavy atom. The lowest BCUT2D eigenvalue weighted by molar-refractivity contribution is 0.0507. The van der Waals surface area contributed by atoms with Crippen molar-refractivity contribution in [3.63, 3.8) is 0 Å². The van der Waals surface area contributed by atoms with Crippen LogP contribution in [0.15, 0.2) is 4.99 Å². The number of hydrogen-bond donors (Lipinski definition) is 2. The fourth-order valence-electron chi connectivity index (χ4n) is 3.16. The number of likely N-dealkylation sites (N-methyl/N-ethyl adjacent to an activating group) is 1. The molecule has 0 bridgehead atoms. The summed E-state index contributed by atoms with van der Waals surface area (Å²) in [5.74, 6) is 1.57. The van der Waals surface area contributed by atoms with Gasteiger partial charge in [0.1, 0.15) is 5.60 Å². The van der Waals surface area contributed by atoms with Gasteiger partial charge < -0.3 is 25.2 Å². The first-order valence-electron chi connectivity index (χ1n) is 10.2. The molecule has 1 heterocycles. The molecule has 0 aliphatic carbocycles. The molecule has 7 nitrogen and oxygen atoms in total. The normalized spacial score (nSPS) is 18.9. The lowest BCUT2D eigenvalue weighted by Crippen LogP contribution is -2.44. The van der Waals surface area contributed by atoms with E-state index in [0.717, 1.165) is 45.0 Å². The molecule has 1 aliphatic rings. The highest BCUT2D eigenvalue weighted by atomic mass is 127. The molecule has 2 N–H and O–H groups in total. The van der Waals surface area contributed by atoms with Crippen molar-refractivity contribution >= 4 is 36.0 Å². The maximum atomic E-state index is 12.0. The number of carbonyl (C=O) groups is 1. The van der Waals surface area contributed by atoms with E-state index in [4.69, 9.17) is 9.73 Å². The second-order valence-corrected chi connectivity index (χ2v) is 9.02. The SMILES string of the molecule is CCNC(=NCC(CC(C)C)N(C)C)N1CCC(NC(=O)OC(C)(C)C)C1.I. The molecule has 1 fully saturated rings. The molecule has 0 radical (unpaired) electrons. The van der Waals surface area contributed by atoms with Gasteiger partial charge in [0.15, 0.2) is 5.96 Å². The number of alkyl carbamates (subject to hydrolysis) is 1. The Bertz CT molecular complexity index is 491. The van der Waals surface area contributed by atoms with E-state index in [0.29, 0.717) is 12.0 Å². The Kier molecular flexibility index (Phi) is 12.4. The van der Waals surface area contributed by atoms with Crippen LogP contribution in [0.5, 0.6) is 0 Å². The van der Waals surface area contributed by atoms with Crippen molar-refractivity contribution in [3.8, 4) is 0 Å². The summed E-state index contributed by atoms with van der Waals surface area (Å²) in [6.45, 7) is 15.4. The van der Waals surface area contributed by atoms with Gasteiger partial charge in [-0.2, -0.15) is 0 Å². The Hall–Kier alpha value is -0.770. The minimum absolute atomic E-state index is 0. The van der Waals surface area contributed by atoms with Gasteiger partial charge in [0.05, 0.1) is 12.6 Å². The number of hydrogen-bond acceptors (Lipinski definition) is 4. The van der Waals surface area contributed by atoms with Crippen LogP contribution in [0.4, 0.5) is 4.79 Å². The fraction of sp³-hybridized carbons (Fsp3) is 0.900. The summed E-state index contributed by atoms with van der Waals surface area (Å²) >= 11 is 0. The maximum absolute atomic E-state index is 12.0. The summed E-state index contributed by atoms with van der Waals surface area (Å²) < 4.78 is 5.37. The highest BCUT2D eigenvalue weighted by Crippen LogP contribution is 2.13. The molecule has 1 aliphatic heterocycles. The molecular formula is C20H42IN5O2.